The third-order valence-electron chi connectivity index (χ3n) is 6.59. The van der Waals surface area contributed by atoms with Gasteiger partial charge in [0.25, 0.3) is 11.8 Å². The second-order valence-electron chi connectivity index (χ2n) is 9.20. The number of nitrogens with zero attached hydrogens (tertiary/aromatic N) is 2. The quantitative estimate of drug-likeness (QED) is 0.257. The molecule has 3 aromatic rings. The molecule has 0 aromatic heterocycles. The predicted molar refractivity (Wildman–Crippen MR) is 138 cm³/mol. The third-order valence-corrected chi connectivity index (χ3v) is 7.08. The van der Waals surface area contributed by atoms with Crippen LogP contribution in [0.25, 0.3) is 0 Å². The molecular formula is C28H23BrN2O5. The number of hydrogen-bond acceptors (Lipinski definition) is 5. The number of hydrogen-bond donors (Lipinski definition) is 0. The number of amides is 3. The van der Waals surface area contributed by atoms with E-state index in [-0.39, 0.29) is 18.9 Å². The molecule has 0 unspecified atom stereocenters. The number of halogens is 1. The fraction of sp³-hybridized carbons (Fsp3) is 0.214. The van der Waals surface area contributed by atoms with E-state index >= 15 is 0 Å². The van der Waals surface area contributed by atoms with E-state index in [1.807, 2.05) is 32.0 Å². The third kappa shape index (κ3) is 4.11. The largest absolute Gasteiger partial charge is 0.426 e. The van der Waals surface area contributed by atoms with Gasteiger partial charge in [-0.2, -0.15) is 0 Å². The van der Waals surface area contributed by atoms with Gasteiger partial charge in [-0.1, -0.05) is 28.1 Å². The van der Waals surface area contributed by atoms with Gasteiger partial charge >= 0.3 is 5.97 Å². The first-order valence-corrected chi connectivity index (χ1v) is 12.3. The van der Waals surface area contributed by atoms with Crippen LogP contribution in [0, 0.1) is 26.7 Å². The molecule has 2 heterocycles. The predicted octanol–water partition coefficient (Wildman–Crippen LogP) is 5.13. The van der Waals surface area contributed by atoms with E-state index in [1.54, 1.807) is 48.2 Å². The van der Waals surface area contributed by atoms with Crippen LogP contribution in [0.4, 0.5) is 11.4 Å². The van der Waals surface area contributed by atoms with Crippen LogP contribution in [0.2, 0.25) is 0 Å². The molecule has 3 aromatic carbocycles. The van der Waals surface area contributed by atoms with Crippen LogP contribution in [0.1, 0.15) is 43.8 Å². The van der Waals surface area contributed by atoms with Crippen molar-refractivity contribution in [2.24, 2.45) is 5.92 Å². The molecule has 5 rings (SSSR count). The van der Waals surface area contributed by atoms with E-state index < -0.39 is 23.7 Å². The van der Waals surface area contributed by atoms with E-state index in [1.165, 1.54) is 0 Å². The number of benzene rings is 3. The molecule has 3 amide bonds. The standard InChI is InChI=1S/C28H23BrN2O5/c1-15-4-5-16(2)24(10-15)30-14-18(12-25(30)32)28(35)36-20-7-9-23(17(3)11-20)31-26(33)21-8-6-19(29)13-22(21)27(31)34/h4-11,13,18H,12,14H2,1-3H3/t18-/m1/s1. The Bertz CT molecular complexity index is 1460. The molecule has 36 heavy (non-hydrogen) atoms. The van der Waals surface area contributed by atoms with Crippen LogP contribution >= 0.6 is 15.9 Å². The van der Waals surface area contributed by atoms with Crippen molar-refractivity contribution < 1.29 is 23.9 Å². The molecule has 1 saturated heterocycles. The van der Waals surface area contributed by atoms with E-state index in [0.29, 0.717) is 32.6 Å². The summed E-state index contributed by atoms with van der Waals surface area (Å²) < 4.78 is 6.31. The second-order valence-corrected chi connectivity index (χ2v) is 10.1. The molecule has 2 aliphatic rings. The lowest BCUT2D eigenvalue weighted by atomic mass is 10.1. The minimum absolute atomic E-state index is 0.0773. The molecular weight excluding hydrogens is 524 g/mol. The molecule has 2 aliphatic heterocycles. The molecule has 0 saturated carbocycles. The number of rotatable bonds is 4. The van der Waals surface area contributed by atoms with Crippen molar-refractivity contribution in [1.29, 1.82) is 0 Å². The van der Waals surface area contributed by atoms with Gasteiger partial charge in [-0.15, -0.1) is 0 Å². The average Bonchev–Trinajstić information content (AvgIpc) is 3.33. The number of anilines is 2. The highest BCUT2D eigenvalue weighted by Crippen LogP contribution is 2.34. The van der Waals surface area contributed by atoms with E-state index in [4.69, 9.17) is 4.74 Å². The van der Waals surface area contributed by atoms with Crippen molar-refractivity contribution in [2.45, 2.75) is 27.2 Å². The number of esters is 1. The first-order valence-electron chi connectivity index (χ1n) is 11.5. The molecule has 0 radical (unpaired) electrons. The van der Waals surface area contributed by atoms with Crippen LogP contribution in [-0.4, -0.2) is 30.2 Å². The molecule has 8 heteroatoms. The van der Waals surface area contributed by atoms with Crippen molar-refractivity contribution >= 4 is 51.0 Å². The fourth-order valence-corrected chi connectivity index (χ4v) is 5.04. The van der Waals surface area contributed by atoms with Gasteiger partial charge in [0.15, 0.2) is 0 Å². The molecule has 182 valence electrons. The summed E-state index contributed by atoms with van der Waals surface area (Å²) in [4.78, 5) is 54.2. The van der Waals surface area contributed by atoms with Crippen LogP contribution < -0.4 is 14.5 Å². The summed E-state index contributed by atoms with van der Waals surface area (Å²) in [6.07, 6.45) is 0.0773. The minimum atomic E-state index is -0.591. The molecule has 0 aliphatic carbocycles. The van der Waals surface area contributed by atoms with Crippen molar-refractivity contribution in [1.82, 2.24) is 0 Å². The Morgan fingerprint density at radius 2 is 1.61 bits per heavy atom. The van der Waals surface area contributed by atoms with Gasteiger partial charge in [0.05, 0.1) is 22.7 Å². The van der Waals surface area contributed by atoms with Crippen molar-refractivity contribution in [3.05, 3.63) is 86.9 Å². The van der Waals surface area contributed by atoms with E-state index in [9.17, 15) is 19.2 Å². The monoisotopic (exact) mass is 546 g/mol. The molecule has 1 fully saturated rings. The van der Waals surface area contributed by atoms with Gasteiger partial charge in [-0.3, -0.25) is 19.2 Å². The van der Waals surface area contributed by atoms with Crippen LogP contribution in [-0.2, 0) is 9.59 Å². The topological polar surface area (TPSA) is 84.0 Å². The molecule has 0 bridgehead atoms. The Morgan fingerprint density at radius 3 is 2.36 bits per heavy atom. The lowest BCUT2D eigenvalue weighted by molar-refractivity contribution is -0.139. The Labute approximate surface area is 216 Å². The summed E-state index contributed by atoms with van der Waals surface area (Å²) in [5.41, 5.74) is 4.53. The van der Waals surface area contributed by atoms with Crippen LogP contribution in [0.5, 0.6) is 5.75 Å². The number of ether oxygens (including phenoxy) is 1. The zero-order valence-corrected chi connectivity index (χ0v) is 21.6. The highest BCUT2D eigenvalue weighted by Gasteiger charge is 2.39. The highest BCUT2D eigenvalue weighted by molar-refractivity contribution is 9.10. The van der Waals surface area contributed by atoms with Gasteiger partial charge in [0.2, 0.25) is 5.91 Å². The zero-order valence-electron chi connectivity index (χ0n) is 20.0. The SMILES string of the molecule is Cc1ccc(C)c(N2C[C@H](C(=O)Oc3ccc(N4C(=O)c5ccc(Br)cc5C4=O)c(C)c3)CC2=O)c1. The number of aryl methyl sites for hydroxylation is 3. The van der Waals surface area contributed by atoms with Gasteiger partial charge in [0, 0.05) is 23.1 Å². The lowest BCUT2D eigenvalue weighted by Gasteiger charge is -2.20. The number of imide groups is 1. The second kappa shape index (κ2) is 9.02. The van der Waals surface area contributed by atoms with Gasteiger partial charge in [-0.05, 0) is 79.9 Å². The van der Waals surface area contributed by atoms with Crippen molar-refractivity contribution in [3.63, 3.8) is 0 Å². The fourth-order valence-electron chi connectivity index (χ4n) is 4.68. The maximum atomic E-state index is 12.9. The maximum absolute atomic E-state index is 12.9. The Balaban J connectivity index is 1.31. The van der Waals surface area contributed by atoms with Gasteiger partial charge in [0.1, 0.15) is 5.75 Å². The number of carbonyl (C=O) groups is 4. The summed E-state index contributed by atoms with van der Waals surface area (Å²) in [6, 6.07) is 15.6. The molecule has 1 atom stereocenters. The van der Waals surface area contributed by atoms with Gasteiger partial charge in [-0.25, -0.2) is 4.90 Å². The first kappa shape index (κ1) is 23.9. The van der Waals surface area contributed by atoms with E-state index in [2.05, 4.69) is 15.9 Å². The smallest absolute Gasteiger partial charge is 0.316 e. The average molecular weight is 547 g/mol. The molecule has 0 N–H and O–H groups in total. The lowest BCUT2D eigenvalue weighted by Crippen LogP contribution is -2.30. The summed E-state index contributed by atoms with van der Waals surface area (Å²) in [6.45, 7) is 5.89. The molecule has 7 nitrogen and oxygen atoms in total. The summed E-state index contributed by atoms with van der Waals surface area (Å²) in [5.74, 6) is -1.71. The van der Waals surface area contributed by atoms with Crippen molar-refractivity contribution in [3.8, 4) is 5.75 Å². The Kier molecular flexibility index (Phi) is 6.00. The van der Waals surface area contributed by atoms with Crippen molar-refractivity contribution in [2.75, 3.05) is 16.3 Å². The van der Waals surface area contributed by atoms with Crippen LogP contribution in [0.15, 0.2) is 59.1 Å². The minimum Gasteiger partial charge on any atom is -0.426 e. The number of fused-ring (bicyclic) bond motifs is 1. The Hall–Kier alpha value is -3.78. The van der Waals surface area contributed by atoms with E-state index in [0.717, 1.165) is 21.7 Å². The summed E-state index contributed by atoms with van der Waals surface area (Å²) >= 11 is 3.34. The van der Waals surface area contributed by atoms with Crippen LogP contribution in [0.3, 0.4) is 0 Å². The molecule has 0 spiro atoms. The maximum Gasteiger partial charge on any atom is 0.316 e. The number of carbonyl (C=O) groups excluding carboxylic acids is 4. The van der Waals surface area contributed by atoms with Gasteiger partial charge < -0.3 is 9.64 Å². The zero-order chi connectivity index (χ0) is 25.7. The normalized spacial score (nSPS) is 17.1. The highest BCUT2D eigenvalue weighted by atomic mass is 79.9. The summed E-state index contributed by atoms with van der Waals surface area (Å²) in [7, 11) is 0. The first-order chi connectivity index (χ1) is 17.1. The Morgan fingerprint density at radius 1 is 0.861 bits per heavy atom. The summed E-state index contributed by atoms with van der Waals surface area (Å²) in [5, 5.41) is 0.